The molecule has 0 saturated heterocycles. The second-order valence-corrected chi connectivity index (χ2v) is 4.82. The van der Waals surface area contributed by atoms with Crippen LogP contribution in [0.5, 0.6) is 0 Å². The van der Waals surface area contributed by atoms with Crippen molar-refractivity contribution < 1.29 is 0 Å². The molecule has 0 spiro atoms. The number of thioether (sulfide) groups is 1. The van der Waals surface area contributed by atoms with E-state index in [0.717, 1.165) is 5.69 Å². The standard InChI is InChI=1S/C11H18N2S/c1-11(2,8-12)13-9-4-6-10(14-3)7-5-9/h4-7,13H,8,12H2,1-3H3. The number of benzene rings is 1. The van der Waals surface area contributed by atoms with Gasteiger partial charge in [-0.05, 0) is 44.4 Å². The van der Waals surface area contributed by atoms with Crippen molar-refractivity contribution in [2.45, 2.75) is 24.3 Å². The summed E-state index contributed by atoms with van der Waals surface area (Å²) in [6, 6.07) is 8.39. The Morgan fingerprint density at radius 3 is 2.29 bits per heavy atom. The molecule has 0 aliphatic heterocycles. The summed E-state index contributed by atoms with van der Waals surface area (Å²) in [7, 11) is 0. The summed E-state index contributed by atoms with van der Waals surface area (Å²) in [5, 5.41) is 3.38. The Balaban J connectivity index is 2.69. The monoisotopic (exact) mass is 210 g/mol. The Morgan fingerprint density at radius 1 is 1.29 bits per heavy atom. The molecule has 0 aliphatic carbocycles. The molecule has 0 saturated carbocycles. The van der Waals surface area contributed by atoms with Crippen LogP contribution in [0.3, 0.4) is 0 Å². The summed E-state index contributed by atoms with van der Waals surface area (Å²) in [6.07, 6.45) is 2.08. The van der Waals surface area contributed by atoms with Crippen LogP contribution in [0.15, 0.2) is 29.2 Å². The number of nitrogens with two attached hydrogens (primary N) is 1. The third kappa shape index (κ3) is 3.24. The van der Waals surface area contributed by atoms with Crippen molar-refractivity contribution in [1.29, 1.82) is 0 Å². The molecule has 0 radical (unpaired) electrons. The Bertz CT molecular complexity index is 280. The first kappa shape index (κ1) is 11.4. The van der Waals surface area contributed by atoms with Gasteiger partial charge in [0.05, 0.1) is 0 Å². The fourth-order valence-electron chi connectivity index (χ4n) is 1.12. The second kappa shape index (κ2) is 4.71. The van der Waals surface area contributed by atoms with E-state index in [1.807, 2.05) is 0 Å². The predicted molar refractivity (Wildman–Crippen MR) is 65.0 cm³/mol. The van der Waals surface area contributed by atoms with Crippen LogP contribution >= 0.6 is 11.8 Å². The zero-order valence-corrected chi connectivity index (χ0v) is 9.82. The van der Waals surface area contributed by atoms with Crippen molar-refractivity contribution in [1.82, 2.24) is 0 Å². The van der Waals surface area contributed by atoms with Crippen LogP contribution in [-0.2, 0) is 0 Å². The van der Waals surface area contributed by atoms with Crippen molar-refractivity contribution in [3.8, 4) is 0 Å². The number of rotatable bonds is 4. The van der Waals surface area contributed by atoms with E-state index in [4.69, 9.17) is 5.73 Å². The van der Waals surface area contributed by atoms with Crippen LogP contribution in [0.4, 0.5) is 5.69 Å². The lowest BCUT2D eigenvalue weighted by molar-refractivity contribution is 0.580. The summed E-state index contributed by atoms with van der Waals surface area (Å²) < 4.78 is 0. The van der Waals surface area contributed by atoms with Gasteiger partial charge >= 0.3 is 0 Å². The zero-order valence-electron chi connectivity index (χ0n) is 9.00. The van der Waals surface area contributed by atoms with Gasteiger partial charge in [0.25, 0.3) is 0 Å². The summed E-state index contributed by atoms with van der Waals surface area (Å²) >= 11 is 1.75. The highest BCUT2D eigenvalue weighted by atomic mass is 32.2. The molecule has 1 rings (SSSR count). The average Bonchev–Trinajstić information content (AvgIpc) is 2.19. The van der Waals surface area contributed by atoms with Gasteiger partial charge in [0.1, 0.15) is 0 Å². The summed E-state index contributed by atoms with van der Waals surface area (Å²) in [4.78, 5) is 1.28. The molecule has 0 aliphatic rings. The van der Waals surface area contributed by atoms with Crippen LogP contribution in [0.25, 0.3) is 0 Å². The van der Waals surface area contributed by atoms with Crippen LogP contribution in [0, 0.1) is 0 Å². The van der Waals surface area contributed by atoms with E-state index in [9.17, 15) is 0 Å². The first-order valence-corrected chi connectivity index (χ1v) is 5.92. The molecule has 3 N–H and O–H groups in total. The predicted octanol–water partition coefficient (Wildman–Crippen LogP) is 2.56. The van der Waals surface area contributed by atoms with Gasteiger partial charge in [-0.15, -0.1) is 11.8 Å². The maximum absolute atomic E-state index is 5.64. The maximum Gasteiger partial charge on any atom is 0.0439 e. The molecule has 0 bridgehead atoms. The van der Waals surface area contributed by atoms with Crippen LogP contribution in [-0.4, -0.2) is 18.3 Å². The van der Waals surface area contributed by atoms with Crippen molar-refractivity contribution >= 4 is 17.4 Å². The number of hydrogen-bond donors (Lipinski definition) is 2. The van der Waals surface area contributed by atoms with Gasteiger partial charge in [-0.3, -0.25) is 0 Å². The lowest BCUT2D eigenvalue weighted by atomic mass is 10.1. The second-order valence-electron chi connectivity index (χ2n) is 3.94. The fraction of sp³-hybridized carbons (Fsp3) is 0.455. The molecule has 0 unspecified atom stereocenters. The highest BCUT2D eigenvalue weighted by Gasteiger charge is 2.13. The Labute approximate surface area is 90.3 Å². The van der Waals surface area contributed by atoms with E-state index in [0.29, 0.717) is 6.54 Å². The Hall–Kier alpha value is -0.670. The van der Waals surface area contributed by atoms with Crippen molar-refractivity contribution in [2.24, 2.45) is 5.73 Å². The zero-order chi connectivity index (χ0) is 10.6. The fourth-order valence-corrected chi connectivity index (χ4v) is 1.52. The van der Waals surface area contributed by atoms with Crippen LogP contribution in [0.1, 0.15) is 13.8 Å². The minimum Gasteiger partial charge on any atom is -0.379 e. The van der Waals surface area contributed by atoms with E-state index in [-0.39, 0.29) is 5.54 Å². The average molecular weight is 210 g/mol. The van der Waals surface area contributed by atoms with E-state index >= 15 is 0 Å². The Kier molecular flexibility index (Phi) is 3.84. The molecule has 0 atom stereocenters. The van der Waals surface area contributed by atoms with Gasteiger partial charge in [-0.25, -0.2) is 0 Å². The molecule has 78 valence electrons. The van der Waals surface area contributed by atoms with Gasteiger partial charge in [-0.2, -0.15) is 0 Å². The minimum absolute atomic E-state index is 0.0408. The first-order chi connectivity index (χ1) is 6.57. The third-order valence-electron chi connectivity index (χ3n) is 2.08. The van der Waals surface area contributed by atoms with Crippen LogP contribution in [0.2, 0.25) is 0 Å². The highest BCUT2D eigenvalue weighted by Crippen LogP contribution is 2.19. The molecule has 0 heterocycles. The van der Waals surface area contributed by atoms with E-state index in [2.05, 4.69) is 49.7 Å². The molecule has 0 amide bonds. The molecule has 1 aromatic carbocycles. The van der Waals surface area contributed by atoms with Crippen molar-refractivity contribution in [2.75, 3.05) is 18.1 Å². The van der Waals surface area contributed by atoms with E-state index in [1.54, 1.807) is 11.8 Å². The number of hydrogen-bond acceptors (Lipinski definition) is 3. The van der Waals surface area contributed by atoms with E-state index < -0.39 is 0 Å². The number of nitrogens with one attached hydrogen (secondary N) is 1. The highest BCUT2D eigenvalue weighted by molar-refractivity contribution is 7.98. The molecule has 1 aromatic rings. The van der Waals surface area contributed by atoms with Gasteiger partial charge in [0.2, 0.25) is 0 Å². The lowest BCUT2D eigenvalue weighted by Crippen LogP contribution is -2.39. The van der Waals surface area contributed by atoms with Crippen molar-refractivity contribution in [3.63, 3.8) is 0 Å². The van der Waals surface area contributed by atoms with Crippen LogP contribution < -0.4 is 11.1 Å². The normalized spacial score (nSPS) is 11.4. The molecule has 0 fully saturated rings. The van der Waals surface area contributed by atoms with Gasteiger partial charge in [-0.1, -0.05) is 0 Å². The molecular formula is C11H18N2S. The molecular weight excluding hydrogens is 192 g/mol. The lowest BCUT2D eigenvalue weighted by Gasteiger charge is -2.25. The SMILES string of the molecule is CSc1ccc(NC(C)(C)CN)cc1. The molecule has 14 heavy (non-hydrogen) atoms. The van der Waals surface area contributed by atoms with Gasteiger partial charge < -0.3 is 11.1 Å². The van der Waals surface area contributed by atoms with Gasteiger partial charge in [0.15, 0.2) is 0 Å². The first-order valence-electron chi connectivity index (χ1n) is 4.70. The molecule has 2 nitrogen and oxygen atoms in total. The quantitative estimate of drug-likeness (QED) is 0.750. The summed E-state index contributed by atoms with van der Waals surface area (Å²) in [5.41, 5.74) is 6.73. The summed E-state index contributed by atoms with van der Waals surface area (Å²) in [5.74, 6) is 0. The summed E-state index contributed by atoms with van der Waals surface area (Å²) in [6.45, 7) is 4.81. The third-order valence-corrected chi connectivity index (χ3v) is 2.83. The van der Waals surface area contributed by atoms with Crippen molar-refractivity contribution in [3.05, 3.63) is 24.3 Å². The molecule has 3 heteroatoms. The Morgan fingerprint density at radius 2 is 1.86 bits per heavy atom. The van der Waals surface area contributed by atoms with Gasteiger partial charge in [0, 0.05) is 22.7 Å². The minimum atomic E-state index is -0.0408. The largest absolute Gasteiger partial charge is 0.379 e. The smallest absolute Gasteiger partial charge is 0.0439 e. The molecule has 0 aromatic heterocycles. The van der Waals surface area contributed by atoms with E-state index in [1.165, 1.54) is 4.90 Å². The number of anilines is 1. The maximum atomic E-state index is 5.64. The topological polar surface area (TPSA) is 38.0 Å².